The number of likely N-dealkylation sites (N-methyl/N-ethyl adjacent to an activating group) is 1. The largest absolute Gasteiger partial charge is 0.379 e. The average molecular weight is 375 g/mol. The van der Waals surface area contributed by atoms with Gasteiger partial charge in [-0.3, -0.25) is 9.48 Å². The van der Waals surface area contributed by atoms with E-state index in [-0.39, 0.29) is 5.91 Å². The van der Waals surface area contributed by atoms with E-state index in [4.69, 9.17) is 16.4 Å². The van der Waals surface area contributed by atoms with Crippen LogP contribution in [0.4, 0.5) is 0 Å². The van der Waals surface area contributed by atoms with Crippen LogP contribution >= 0.6 is 11.6 Å². The van der Waals surface area contributed by atoms with Crippen molar-refractivity contribution in [3.8, 4) is 0 Å². The Morgan fingerprint density at radius 2 is 2.08 bits per heavy atom. The maximum absolute atomic E-state index is 13.0. The second-order valence-electron chi connectivity index (χ2n) is 6.95. The first-order valence-electron chi connectivity index (χ1n) is 8.47. The second-order valence-corrected chi connectivity index (χ2v) is 7.36. The number of hydrogen-bond acceptors (Lipinski definition) is 4. The molecule has 138 valence electrons. The van der Waals surface area contributed by atoms with Gasteiger partial charge in [-0.2, -0.15) is 5.10 Å². The number of carbonyl (C=O) groups excluding carboxylic acids is 1. The smallest absolute Gasteiger partial charge is 0.269 e. The van der Waals surface area contributed by atoms with Crippen molar-refractivity contribution < 1.29 is 9.63 Å². The van der Waals surface area contributed by atoms with Crippen LogP contribution in [0.3, 0.4) is 0 Å². The van der Waals surface area contributed by atoms with Gasteiger partial charge in [-0.25, -0.2) is 0 Å². The monoisotopic (exact) mass is 374 g/mol. The number of hydrogen-bond donors (Lipinski definition) is 0. The molecule has 2 aromatic rings. The van der Waals surface area contributed by atoms with Crippen LogP contribution in [0.5, 0.6) is 0 Å². The fourth-order valence-corrected chi connectivity index (χ4v) is 3.50. The normalized spacial score (nSPS) is 19.2. The van der Waals surface area contributed by atoms with Crippen molar-refractivity contribution in [3.63, 3.8) is 0 Å². The average Bonchev–Trinajstić information content (AvgIpc) is 3.11. The Hall–Kier alpha value is -2.34. The van der Waals surface area contributed by atoms with Gasteiger partial charge in [0.05, 0.1) is 11.4 Å². The van der Waals surface area contributed by atoms with E-state index in [1.54, 1.807) is 24.9 Å². The summed E-state index contributed by atoms with van der Waals surface area (Å²) in [5.41, 5.74) is 3.48. The van der Waals surface area contributed by atoms with Gasteiger partial charge in [0, 0.05) is 48.9 Å². The molecule has 0 spiro atoms. The Morgan fingerprint density at radius 1 is 1.38 bits per heavy atom. The minimum absolute atomic E-state index is 0.119. The van der Waals surface area contributed by atoms with Crippen molar-refractivity contribution in [1.82, 2.24) is 14.7 Å². The van der Waals surface area contributed by atoms with Gasteiger partial charge in [-0.05, 0) is 26.8 Å². The minimum atomic E-state index is -1.03. The zero-order chi connectivity index (χ0) is 19.1. The molecule has 1 aromatic heterocycles. The maximum Gasteiger partial charge on any atom is 0.269 e. The number of benzene rings is 1. The van der Waals surface area contributed by atoms with Crippen LogP contribution in [-0.4, -0.2) is 38.9 Å². The van der Waals surface area contributed by atoms with Crippen molar-refractivity contribution in [3.05, 3.63) is 51.8 Å². The quantitative estimate of drug-likeness (QED) is 0.825. The van der Waals surface area contributed by atoms with Crippen molar-refractivity contribution >= 4 is 23.2 Å². The lowest BCUT2D eigenvalue weighted by Crippen LogP contribution is -2.45. The first-order chi connectivity index (χ1) is 12.2. The summed E-state index contributed by atoms with van der Waals surface area (Å²) in [7, 11) is 3.68. The lowest BCUT2D eigenvalue weighted by Gasteiger charge is -2.27. The summed E-state index contributed by atoms with van der Waals surface area (Å²) >= 11 is 6.24. The van der Waals surface area contributed by atoms with Crippen molar-refractivity contribution in [2.45, 2.75) is 39.3 Å². The third-order valence-electron chi connectivity index (χ3n) is 4.90. The first-order valence-corrected chi connectivity index (χ1v) is 8.85. The van der Waals surface area contributed by atoms with Crippen LogP contribution in [0, 0.1) is 13.8 Å². The van der Waals surface area contributed by atoms with E-state index >= 15 is 0 Å². The molecule has 26 heavy (non-hydrogen) atoms. The molecule has 3 rings (SSSR count). The lowest BCUT2D eigenvalue weighted by molar-refractivity contribution is -0.152. The predicted octanol–water partition coefficient (Wildman–Crippen LogP) is 3.23. The Balaban J connectivity index is 1.75. The van der Waals surface area contributed by atoms with E-state index in [0.717, 1.165) is 22.5 Å². The molecular weight excluding hydrogens is 352 g/mol. The summed E-state index contributed by atoms with van der Waals surface area (Å²) in [6, 6.07) is 7.43. The Morgan fingerprint density at radius 3 is 2.69 bits per heavy atom. The molecule has 2 heterocycles. The van der Waals surface area contributed by atoms with Crippen LogP contribution < -0.4 is 0 Å². The Kier molecular flexibility index (Phi) is 4.80. The molecule has 1 atom stereocenters. The van der Waals surface area contributed by atoms with E-state index < -0.39 is 5.60 Å². The van der Waals surface area contributed by atoms with Gasteiger partial charge < -0.3 is 9.74 Å². The number of oxime groups is 1. The highest BCUT2D eigenvalue weighted by atomic mass is 35.5. The molecule has 6 nitrogen and oxygen atoms in total. The molecule has 7 heteroatoms. The van der Waals surface area contributed by atoms with Crippen LogP contribution in [0.1, 0.15) is 35.9 Å². The second kappa shape index (κ2) is 6.76. The molecule has 0 bridgehead atoms. The van der Waals surface area contributed by atoms with E-state index in [1.807, 2.05) is 43.8 Å². The zero-order valence-corrected chi connectivity index (χ0v) is 16.5. The van der Waals surface area contributed by atoms with Gasteiger partial charge in [0.2, 0.25) is 5.60 Å². The minimum Gasteiger partial charge on any atom is -0.379 e. The molecule has 0 unspecified atom stereocenters. The zero-order valence-electron chi connectivity index (χ0n) is 15.7. The van der Waals surface area contributed by atoms with Gasteiger partial charge in [0.1, 0.15) is 0 Å². The van der Waals surface area contributed by atoms with Crippen LogP contribution in [0.2, 0.25) is 5.02 Å². The number of carbonyl (C=O) groups is 1. The van der Waals surface area contributed by atoms with Crippen LogP contribution in [-0.2, 0) is 23.2 Å². The molecular formula is C19H23ClN4O2. The van der Waals surface area contributed by atoms with Gasteiger partial charge >= 0.3 is 0 Å². The summed E-state index contributed by atoms with van der Waals surface area (Å²) in [5.74, 6) is -0.119. The number of aromatic nitrogens is 2. The number of amides is 1. The highest BCUT2D eigenvalue weighted by Gasteiger charge is 2.44. The van der Waals surface area contributed by atoms with Crippen LogP contribution in [0.15, 0.2) is 29.4 Å². The lowest BCUT2D eigenvalue weighted by atomic mass is 9.94. The summed E-state index contributed by atoms with van der Waals surface area (Å²) in [5, 5.41) is 9.15. The van der Waals surface area contributed by atoms with Gasteiger partial charge in [-0.15, -0.1) is 0 Å². The number of aryl methyl sites for hydroxylation is 2. The maximum atomic E-state index is 13.0. The van der Waals surface area contributed by atoms with E-state index in [2.05, 4.69) is 10.3 Å². The van der Waals surface area contributed by atoms with Gasteiger partial charge in [-0.1, -0.05) is 35.0 Å². The Labute approximate surface area is 158 Å². The SMILES string of the molecule is Cc1nn(C)c(C)c1CN(C)C(=O)[C@@]1(C)CC(c2ccccc2Cl)=NO1. The molecule has 1 aliphatic rings. The molecule has 1 amide bonds. The molecule has 0 fully saturated rings. The predicted molar refractivity (Wildman–Crippen MR) is 101 cm³/mol. The molecule has 0 radical (unpaired) electrons. The third kappa shape index (κ3) is 3.21. The summed E-state index contributed by atoms with van der Waals surface area (Å²) in [6.07, 6.45) is 0.380. The highest BCUT2D eigenvalue weighted by molar-refractivity contribution is 6.34. The van der Waals surface area contributed by atoms with Crippen molar-refractivity contribution in [1.29, 1.82) is 0 Å². The molecule has 0 aliphatic carbocycles. The fraction of sp³-hybridized carbons (Fsp3) is 0.421. The van der Waals surface area contributed by atoms with Gasteiger partial charge in [0.15, 0.2) is 0 Å². The van der Waals surface area contributed by atoms with Gasteiger partial charge in [0.25, 0.3) is 5.91 Å². The third-order valence-corrected chi connectivity index (χ3v) is 5.23. The first kappa shape index (κ1) is 18.5. The summed E-state index contributed by atoms with van der Waals surface area (Å²) in [4.78, 5) is 20.3. The summed E-state index contributed by atoms with van der Waals surface area (Å²) in [6.45, 7) is 6.19. The standard InChI is InChI=1S/C19H23ClN4O2/c1-12-15(13(2)24(5)21-12)11-23(4)18(25)19(3)10-17(22-26-19)14-8-6-7-9-16(14)20/h6-9H,10-11H2,1-5H3/t19-/m1/s1. The van der Waals surface area contributed by atoms with E-state index in [0.29, 0.717) is 23.7 Å². The Bertz CT molecular complexity index is 890. The van der Waals surface area contributed by atoms with E-state index in [9.17, 15) is 4.79 Å². The molecule has 0 N–H and O–H groups in total. The molecule has 0 saturated carbocycles. The van der Waals surface area contributed by atoms with E-state index in [1.165, 1.54) is 0 Å². The number of nitrogens with zero attached hydrogens (tertiary/aromatic N) is 4. The number of halogens is 1. The summed E-state index contributed by atoms with van der Waals surface area (Å²) < 4.78 is 1.83. The van der Waals surface area contributed by atoms with Crippen molar-refractivity contribution in [2.75, 3.05) is 7.05 Å². The topological polar surface area (TPSA) is 59.7 Å². The molecule has 1 aliphatic heterocycles. The van der Waals surface area contributed by atoms with Crippen molar-refractivity contribution in [2.24, 2.45) is 12.2 Å². The fourth-order valence-electron chi connectivity index (χ4n) is 3.25. The highest BCUT2D eigenvalue weighted by Crippen LogP contribution is 2.31. The van der Waals surface area contributed by atoms with Crippen LogP contribution in [0.25, 0.3) is 0 Å². The number of rotatable bonds is 4. The molecule has 0 saturated heterocycles. The molecule has 1 aromatic carbocycles.